The van der Waals surface area contributed by atoms with E-state index in [9.17, 15) is 18.3 Å². The first-order valence-electron chi connectivity index (χ1n) is 8.08. The fraction of sp³-hybridized carbons (Fsp3) is 0.688. The number of ether oxygens (including phenoxy) is 1. The molecule has 1 N–H and O–H groups in total. The molecule has 1 fully saturated rings. The largest absolute Gasteiger partial charge is 0.417 e. The number of aromatic nitrogens is 1. The van der Waals surface area contributed by atoms with Crippen molar-refractivity contribution < 1.29 is 23.0 Å². The number of fused-ring (bicyclic) bond motifs is 3. The highest BCUT2D eigenvalue weighted by molar-refractivity contribution is 5.51. The lowest BCUT2D eigenvalue weighted by Crippen LogP contribution is -2.62. The second-order valence-electron chi connectivity index (χ2n) is 6.65. The minimum absolute atomic E-state index is 0.00176. The summed E-state index contributed by atoms with van der Waals surface area (Å²) in [5.41, 5.74) is -0.315. The summed E-state index contributed by atoms with van der Waals surface area (Å²) in [6.07, 6.45) is -3.54. The lowest BCUT2D eigenvalue weighted by molar-refractivity contribution is -0.137. The van der Waals surface area contributed by atoms with Crippen molar-refractivity contribution in [2.75, 3.05) is 31.2 Å². The van der Waals surface area contributed by atoms with E-state index in [0.717, 1.165) is 12.3 Å². The van der Waals surface area contributed by atoms with Crippen molar-refractivity contribution >= 4 is 5.82 Å². The van der Waals surface area contributed by atoms with E-state index in [4.69, 9.17) is 4.74 Å². The maximum Gasteiger partial charge on any atom is 0.417 e. The van der Waals surface area contributed by atoms with Crippen LogP contribution in [0.3, 0.4) is 0 Å². The maximum atomic E-state index is 12.9. The molecule has 0 aliphatic carbocycles. The fourth-order valence-corrected chi connectivity index (χ4v) is 3.50. The van der Waals surface area contributed by atoms with Crippen LogP contribution in [0.25, 0.3) is 0 Å². The third-order valence-electron chi connectivity index (χ3n) is 4.72. The molecule has 0 spiro atoms. The second kappa shape index (κ2) is 6.50. The number of nitrogens with zero attached hydrogens (tertiary/aromatic N) is 3. The van der Waals surface area contributed by atoms with E-state index in [1.54, 1.807) is 0 Å². The Morgan fingerprint density at radius 3 is 2.75 bits per heavy atom. The monoisotopic (exact) mass is 345 g/mol. The number of hydrogen-bond acceptors (Lipinski definition) is 5. The van der Waals surface area contributed by atoms with E-state index in [-0.39, 0.29) is 31.3 Å². The van der Waals surface area contributed by atoms with Crippen LogP contribution in [-0.2, 0) is 17.5 Å². The van der Waals surface area contributed by atoms with Gasteiger partial charge < -0.3 is 14.7 Å². The van der Waals surface area contributed by atoms with Crippen molar-refractivity contribution in [2.24, 2.45) is 0 Å². The summed E-state index contributed by atoms with van der Waals surface area (Å²) in [6.45, 7) is 5.89. The van der Waals surface area contributed by atoms with Gasteiger partial charge in [0.05, 0.1) is 37.5 Å². The smallest absolute Gasteiger partial charge is 0.395 e. The Morgan fingerprint density at radius 2 is 2.12 bits per heavy atom. The van der Waals surface area contributed by atoms with Gasteiger partial charge in [-0.2, -0.15) is 13.2 Å². The fourth-order valence-electron chi connectivity index (χ4n) is 3.50. The maximum absolute atomic E-state index is 12.9. The number of anilines is 1. The summed E-state index contributed by atoms with van der Waals surface area (Å²) < 4.78 is 44.4. The first-order valence-corrected chi connectivity index (χ1v) is 8.08. The third kappa shape index (κ3) is 3.22. The molecule has 0 aromatic carbocycles. The minimum Gasteiger partial charge on any atom is -0.395 e. The molecule has 1 saturated heterocycles. The molecule has 8 heteroatoms. The van der Waals surface area contributed by atoms with Gasteiger partial charge in [0, 0.05) is 30.9 Å². The van der Waals surface area contributed by atoms with E-state index >= 15 is 0 Å². The summed E-state index contributed by atoms with van der Waals surface area (Å²) in [7, 11) is 0. The van der Waals surface area contributed by atoms with Crippen LogP contribution in [0, 0.1) is 0 Å². The number of pyridine rings is 1. The van der Waals surface area contributed by atoms with E-state index in [1.807, 2.05) is 4.90 Å². The molecule has 2 atom stereocenters. The molecule has 0 bridgehead atoms. The molecular formula is C16H22F3N3O2. The summed E-state index contributed by atoms with van der Waals surface area (Å²) in [6, 6.07) is 1.33. The van der Waals surface area contributed by atoms with Crippen molar-refractivity contribution in [3.05, 3.63) is 23.4 Å². The van der Waals surface area contributed by atoms with Crippen LogP contribution in [0.1, 0.15) is 25.0 Å². The minimum atomic E-state index is -4.42. The zero-order chi connectivity index (χ0) is 17.5. The highest BCUT2D eigenvalue weighted by atomic mass is 19.4. The van der Waals surface area contributed by atoms with Gasteiger partial charge in [-0.1, -0.05) is 0 Å². The highest BCUT2D eigenvalue weighted by Crippen LogP contribution is 2.34. The van der Waals surface area contributed by atoms with Gasteiger partial charge in [-0.15, -0.1) is 0 Å². The molecule has 2 aliphatic rings. The number of aliphatic hydroxyl groups excluding tert-OH is 1. The van der Waals surface area contributed by atoms with Crippen LogP contribution < -0.4 is 4.90 Å². The molecule has 5 nitrogen and oxygen atoms in total. The van der Waals surface area contributed by atoms with Gasteiger partial charge in [-0.25, -0.2) is 4.98 Å². The summed E-state index contributed by atoms with van der Waals surface area (Å²) >= 11 is 0. The summed E-state index contributed by atoms with van der Waals surface area (Å²) in [5.74, 6) is 0.535. The van der Waals surface area contributed by atoms with E-state index in [0.29, 0.717) is 31.1 Å². The van der Waals surface area contributed by atoms with E-state index in [2.05, 4.69) is 23.7 Å². The van der Waals surface area contributed by atoms with Crippen molar-refractivity contribution in [3.8, 4) is 0 Å². The van der Waals surface area contributed by atoms with E-state index in [1.165, 1.54) is 0 Å². The average Bonchev–Trinajstić information content (AvgIpc) is 2.70. The Labute approximate surface area is 139 Å². The lowest BCUT2D eigenvalue weighted by atomic mass is 10.0. The molecule has 0 saturated carbocycles. The van der Waals surface area contributed by atoms with Gasteiger partial charge >= 0.3 is 6.18 Å². The van der Waals surface area contributed by atoms with Crippen LogP contribution in [0.15, 0.2) is 12.3 Å². The second-order valence-corrected chi connectivity index (χ2v) is 6.65. The third-order valence-corrected chi connectivity index (χ3v) is 4.72. The number of hydrogen-bond donors (Lipinski definition) is 1. The van der Waals surface area contributed by atoms with Crippen molar-refractivity contribution in [1.29, 1.82) is 0 Å². The topological polar surface area (TPSA) is 48.8 Å². The Morgan fingerprint density at radius 1 is 1.38 bits per heavy atom. The molecule has 2 aliphatic heterocycles. The molecule has 3 rings (SSSR count). The standard InChI is InChI=1S/C16H22F3N3O2/c1-10(2)21-6-14-9-24-8-11-3-12(16(17,18)19)4-20-15(11)22(14)5-13(21)7-23/h3-4,10,13-14,23H,5-9H2,1-2H3/t13-,14+/m0/s1. The zero-order valence-electron chi connectivity index (χ0n) is 13.8. The molecule has 0 radical (unpaired) electrons. The Bertz CT molecular complexity index is 594. The molecule has 24 heavy (non-hydrogen) atoms. The number of alkyl halides is 3. The van der Waals surface area contributed by atoms with Crippen molar-refractivity contribution in [3.63, 3.8) is 0 Å². The zero-order valence-corrected chi connectivity index (χ0v) is 13.8. The van der Waals surface area contributed by atoms with Crippen LogP contribution in [-0.4, -0.2) is 59.4 Å². The normalized spacial score (nSPS) is 25.4. The Balaban J connectivity index is 1.93. The molecule has 0 amide bonds. The summed E-state index contributed by atoms with van der Waals surface area (Å²) in [5, 5.41) is 9.70. The SMILES string of the molecule is CC(C)N1C[C@@H]2COCc3cc(C(F)(F)F)cnc3N2C[C@H]1CO. The molecule has 134 valence electrons. The van der Waals surface area contributed by atoms with Crippen molar-refractivity contribution in [2.45, 2.75) is 44.8 Å². The average molecular weight is 345 g/mol. The van der Waals surface area contributed by atoms with Gasteiger partial charge in [0.25, 0.3) is 0 Å². The number of piperazine rings is 1. The Hall–Kier alpha value is -1.38. The predicted molar refractivity (Wildman–Crippen MR) is 82.7 cm³/mol. The highest BCUT2D eigenvalue weighted by Gasteiger charge is 2.39. The number of aliphatic hydroxyl groups is 1. The quantitative estimate of drug-likeness (QED) is 0.887. The predicted octanol–water partition coefficient (Wildman–Crippen LogP) is 1.89. The van der Waals surface area contributed by atoms with Gasteiger partial charge in [0.15, 0.2) is 0 Å². The first kappa shape index (κ1) is 17.4. The molecule has 0 unspecified atom stereocenters. The van der Waals surface area contributed by atoms with Crippen LogP contribution in [0.4, 0.5) is 19.0 Å². The first-order chi connectivity index (χ1) is 11.3. The molecule has 1 aromatic heterocycles. The molecule has 3 heterocycles. The van der Waals surface area contributed by atoms with Gasteiger partial charge in [0.1, 0.15) is 5.82 Å². The van der Waals surface area contributed by atoms with Crippen LogP contribution >= 0.6 is 0 Å². The Kier molecular flexibility index (Phi) is 4.72. The van der Waals surface area contributed by atoms with Crippen LogP contribution in [0.5, 0.6) is 0 Å². The number of halogens is 3. The molecular weight excluding hydrogens is 323 g/mol. The van der Waals surface area contributed by atoms with E-state index < -0.39 is 11.7 Å². The lowest BCUT2D eigenvalue weighted by Gasteiger charge is -2.47. The van der Waals surface area contributed by atoms with Gasteiger partial charge in [0.2, 0.25) is 0 Å². The number of rotatable bonds is 2. The van der Waals surface area contributed by atoms with Gasteiger partial charge in [-0.05, 0) is 19.9 Å². The summed E-state index contributed by atoms with van der Waals surface area (Å²) in [4.78, 5) is 8.29. The van der Waals surface area contributed by atoms with Crippen LogP contribution in [0.2, 0.25) is 0 Å². The van der Waals surface area contributed by atoms with Crippen molar-refractivity contribution in [1.82, 2.24) is 9.88 Å². The van der Waals surface area contributed by atoms with Gasteiger partial charge in [-0.3, -0.25) is 4.90 Å². The molecule has 1 aromatic rings.